The average molecular weight is 480 g/mol. The molecule has 0 radical (unpaired) electrons. The molecule has 0 aliphatic heterocycles. The SMILES string of the molecule is CSCCC(N)C(=O)CC(C(=O)NC(CCCCNC(=O)c1ccccc1)C(=O)O)C(C)C. The maximum atomic E-state index is 12.8. The second kappa shape index (κ2) is 15.4. The minimum Gasteiger partial charge on any atom is -0.480 e. The van der Waals surface area contributed by atoms with E-state index in [0.29, 0.717) is 31.4 Å². The van der Waals surface area contributed by atoms with Gasteiger partial charge in [-0.2, -0.15) is 11.8 Å². The lowest BCUT2D eigenvalue weighted by molar-refractivity contribution is -0.143. The smallest absolute Gasteiger partial charge is 0.326 e. The number of nitrogens with one attached hydrogen (secondary N) is 2. The van der Waals surface area contributed by atoms with Gasteiger partial charge in [0, 0.05) is 24.4 Å². The molecule has 9 heteroatoms. The molecule has 0 aliphatic rings. The Morgan fingerprint density at radius 3 is 2.30 bits per heavy atom. The normalized spacial score (nSPS) is 13.7. The summed E-state index contributed by atoms with van der Waals surface area (Å²) in [5.41, 5.74) is 6.50. The maximum Gasteiger partial charge on any atom is 0.326 e. The van der Waals surface area contributed by atoms with E-state index in [-0.39, 0.29) is 30.4 Å². The van der Waals surface area contributed by atoms with E-state index in [1.807, 2.05) is 26.2 Å². The Hall–Kier alpha value is -2.39. The average Bonchev–Trinajstić information content (AvgIpc) is 2.79. The van der Waals surface area contributed by atoms with Crippen molar-refractivity contribution in [2.24, 2.45) is 17.6 Å². The molecule has 0 aliphatic carbocycles. The van der Waals surface area contributed by atoms with Crippen LogP contribution in [0.4, 0.5) is 0 Å². The number of unbranched alkanes of at least 4 members (excludes halogenated alkanes) is 1. The van der Waals surface area contributed by atoms with Crippen LogP contribution in [0.5, 0.6) is 0 Å². The Kier molecular flexibility index (Phi) is 13.4. The molecule has 1 aromatic carbocycles. The zero-order valence-corrected chi connectivity index (χ0v) is 20.5. The first-order valence-corrected chi connectivity index (χ1v) is 12.7. The highest BCUT2D eigenvalue weighted by molar-refractivity contribution is 7.98. The van der Waals surface area contributed by atoms with Gasteiger partial charge < -0.3 is 21.5 Å². The number of hydrogen-bond acceptors (Lipinski definition) is 6. The molecule has 0 fully saturated rings. The summed E-state index contributed by atoms with van der Waals surface area (Å²) in [5, 5.41) is 14.9. The van der Waals surface area contributed by atoms with Gasteiger partial charge in [-0.15, -0.1) is 0 Å². The molecule has 0 bridgehead atoms. The fraction of sp³-hybridized carbons (Fsp3) is 0.583. The van der Waals surface area contributed by atoms with Gasteiger partial charge in [-0.3, -0.25) is 14.4 Å². The van der Waals surface area contributed by atoms with Crippen molar-refractivity contribution in [2.45, 2.75) is 58.0 Å². The van der Waals surface area contributed by atoms with E-state index >= 15 is 0 Å². The molecular formula is C24H37N3O5S. The number of benzene rings is 1. The highest BCUT2D eigenvalue weighted by Gasteiger charge is 2.30. The number of amides is 2. The van der Waals surface area contributed by atoms with Crippen molar-refractivity contribution in [3.8, 4) is 0 Å². The van der Waals surface area contributed by atoms with Crippen LogP contribution < -0.4 is 16.4 Å². The molecule has 33 heavy (non-hydrogen) atoms. The number of rotatable bonds is 16. The number of carbonyl (C=O) groups is 4. The molecule has 1 rings (SSSR count). The maximum absolute atomic E-state index is 12.8. The number of nitrogens with two attached hydrogens (primary N) is 1. The molecule has 5 N–H and O–H groups in total. The Balaban J connectivity index is 2.52. The first-order chi connectivity index (χ1) is 15.7. The van der Waals surface area contributed by atoms with Gasteiger partial charge in [0.25, 0.3) is 5.91 Å². The van der Waals surface area contributed by atoms with Gasteiger partial charge >= 0.3 is 5.97 Å². The van der Waals surface area contributed by atoms with Crippen molar-refractivity contribution in [1.82, 2.24) is 10.6 Å². The van der Waals surface area contributed by atoms with Crippen LogP contribution in [-0.2, 0) is 14.4 Å². The lowest BCUT2D eigenvalue weighted by Crippen LogP contribution is -2.46. The number of thioether (sulfide) groups is 1. The largest absolute Gasteiger partial charge is 0.480 e. The first-order valence-electron chi connectivity index (χ1n) is 11.3. The van der Waals surface area contributed by atoms with Crippen molar-refractivity contribution in [1.29, 1.82) is 0 Å². The van der Waals surface area contributed by atoms with Crippen molar-refractivity contribution < 1.29 is 24.3 Å². The molecule has 0 spiro atoms. The standard InChI is InChI=1S/C24H37N3O5S/c1-16(2)18(15-21(28)19(25)12-14-33-3)23(30)27-20(24(31)32)11-7-8-13-26-22(29)17-9-5-4-6-10-17/h4-6,9-10,16,18-20H,7-8,11-15,25H2,1-3H3,(H,26,29)(H,27,30)(H,31,32). The second-order valence-electron chi connectivity index (χ2n) is 8.43. The minimum absolute atomic E-state index is 0.00307. The number of aliphatic carboxylic acids is 1. The topological polar surface area (TPSA) is 139 Å². The molecule has 8 nitrogen and oxygen atoms in total. The van der Waals surface area contributed by atoms with E-state index in [1.54, 1.807) is 36.0 Å². The summed E-state index contributed by atoms with van der Waals surface area (Å²) in [5.74, 6) is -1.94. The summed E-state index contributed by atoms with van der Waals surface area (Å²) in [4.78, 5) is 48.9. The minimum atomic E-state index is -1.12. The van der Waals surface area contributed by atoms with Crippen LogP contribution >= 0.6 is 11.8 Å². The summed E-state index contributed by atoms with van der Waals surface area (Å²) >= 11 is 1.60. The molecule has 1 aromatic rings. The molecule has 0 saturated carbocycles. The zero-order valence-electron chi connectivity index (χ0n) is 19.7. The lowest BCUT2D eigenvalue weighted by Gasteiger charge is -2.23. The summed E-state index contributed by atoms with van der Waals surface area (Å²) in [6, 6.07) is 7.16. The van der Waals surface area contributed by atoms with Gasteiger partial charge in [0.15, 0.2) is 0 Å². The van der Waals surface area contributed by atoms with Crippen molar-refractivity contribution >= 4 is 35.3 Å². The third kappa shape index (κ3) is 10.9. The molecule has 0 heterocycles. The summed E-state index contributed by atoms with van der Waals surface area (Å²) in [6.07, 6.45) is 3.80. The van der Waals surface area contributed by atoms with Crippen LogP contribution in [0, 0.1) is 11.8 Å². The van der Waals surface area contributed by atoms with Gasteiger partial charge in [-0.05, 0) is 55.7 Å². The monoisotopic (exact) mass is 479 g/mol. The first kappa shape index (κ1) is 28.6. The van der Waals surface area contributed by atoms with Gasteiger partial charge in [0.1, 0.15) is 11.8 Å². The van der Waals surface area contributed by atoms with Crippen LogP contribution in [0.25, 0.3) is 0 Å². The molecule has 2 amide bonds. The van der Waals surface area contributed by atoms with E-state index in [0.717, 1.165) is 5.75 Å². The predicted molar refractivity (Wildman–Crippen MR) is 131 cm³/mol. The van der Waals surface area contributed by atoms with E-state index in [2.05, 4.69) is 10.6 Å². The number of carboxylic acid groups (broad SMARTS) is 1. The lowest BCUT2D eigenvalue weighted by atomic mass is 9.87. The highest BCUT2D eigenvalue weighted by atomic mass is 32.2. The Morgan fingerprint density at radius 2 is 1.73 bits per heavy atom. The number of ketones is 1. The van der Waals surface area contributed by atoms with Crippen LogP contribution in [0.2, 0.25) is 0 Å². The van der Waals surface area contributed by atoms with Crippen LogP contribution in [0.1, 0.15) is 56.3 Å². The van der Waals surface area contributed by atoms with E-state index in [4.69, 9.17) is 5.73 Å². The van der Waals surface area contributed by atoms with E-state index < -0.39 is 29.9 Å². The Morgan fingerprint density at radius 1 is 1.06 bits per heavy atom. The number of carbonyl (C=O) groups excluding carboxylic acids is 3. The third-order valence-electron chi connectivity index (χ3n) is 5.46. The van der Waals surface area contributed by atoms with Crippen LogP contribution in [0.15, 0.2) is 30.3 Å². The molecule has 0 aromatic heterocycles. The number of carboxylic acids is 1. The fourth-order valence-electron chi connectivity index (χ4n) is 3.31. The van der Waals surface area contributed by atoms with Crippen molar-refractivity contribution in [3.05, 3.63) is 35.9 Å². The fourth-order valence-corrected chi connectivity index (χ4v) is 3.80. The number of hydrogen-bond donors (Lipinski definition) is 4. The highest BCUT2D eigenvalue weighted by Crippen LogP contribution is 2.18. The quantitative estimate of drug-likeness (QED) is 0.267. The molecule has 184 valence electrons. The summed E-state index contributed by atoms with van der Waals surface area (Å²) in [6.45, 7) is 4.07. The zero-order chi connectivity index (χ0) is 24.8. The molecule has 0 saturated heterocycles. The van der Waals surface area contributed by atoms with Gasteiger partial charge in [0.2, 0.25) is 5.91 Å². The summed E-state index contributed by atoms with van der Waals surface area (Å²) in [7, 11) is 0. The van der Waals surface area contributed by atoms with Crippen molar-refractivity contribution in [2.75, 3.05) is 18.6 Å². The van der Waals surface area contributed by atoms with Crippen LogP contribution in [-0.4, -0.2) is 59.3 Å². The molecule has 3 unspecified atom stereocenters. The summed E-state index contributed by atoms with van der Waals surface area (Å²) < 4.78 is 0. The van der Waals surface area contributed by atoms with Crippen molar-refractivity contribution in [3.63, 3.8) is 0 Å². The van der Waals surface area contributed by atoms with Crippen LogP contribution in [0.3, 0.4) is 0 Å². The molecular weight excluding hydrogens is 442 g/mol. The van der Waals surface area contributed by atoms with Gasteiger partial charge in [-0.1, -0.05) is 32.0 Å². The van der Waals surface area contributed by atoms with Gasteiger partial charge in [0.05, 0.1) is 6.04 Å². The Labute approximate surface area is 200 Å². The molecule has 3 atom stereocenters. The second-order valence-corrected chi connectivity index (χ2v) is 9.41. The third-order valence-corrected chi connectivity index (χ3v) is 6.11. The Bertz CT molecular complexity index is 773. The van der Waals surface area contributed by atoms with E-state index in [9.17, 15) is 24.3 Å². The predicted octanol–water partition coefficient (Wildman–Crippen LogP) is 2.47. The van der Waals surface area contributed by atoms with Gasteiger partial charge in [-0.25, -0.2) is 4.79 Å². The number of Topliss-reactive ketones (excluding diaryl/α,β-unsaturated/α-hetero) is 1. The van der Waals surface area contributed by atoms with E-state index in [1.165, 1.54) is 0 Å².